The smallest absolute Gasteiger partial charge is 0.315 e. The average Bonchev–Trinajstić information content (AvgIpc) is 2.92. The lowest BCUT2D eigenvalue weighted by atomic mass is 10.1. The van der Waals surface area contributed by atoms with Crippen LogP contribution in [0.25, 0.3) is 0 Å². The number of benzene rings is 1. The van der Waals surface area contributed by atoms with Gasteiger partial charge in [0.1, 0.15) is 5.69 Å². The van der Waals surface area contributed by atoms with Crippen LogP contribution < -0.4 is 10.6 Å². The van der Waals surface area contributed by atoms with Crippen LogP contribution in [0.4, 0.5) is 16.2 Å². The molecule has 0 unspecified atom stereocenters. The van der Waals surface area contributed by atoms with Gasteiger partial charge in [0.15, 0.2) is 0 Å². The van der Waals surface area contributed by atoms with Crippen molar-refractivity contribution >= 4 is 17.4 Å². The van der Waals surface area contributed by atoms with Crippen LogP contribution in [-0.4, -0.2) is 11.0 Å². The summed E-state index contributed by atoms with van der Waals surface area (Å²) in [5.74, 6) is 0.529. The van der Waals surface area contributed by atoms with E-state index in [-0.39, 0.29) is 11.4 Å². The van der Waals surface area contributed by atoms with Crippen LogP contribution in [0.3, 0.4) is 0 Å². The van der Waals surface area contributed by atoms with Crippen LogP contribution in [0.1, 0.15) is 25.7 Å². The van der Waals surface area contributed by atoms with Crippen LogP contribution in [-0.2, 0) is 0 Å². The number of rotatable bonds is 4. The number of carbonyl (C=O) groups excluding carboxylic acids is 1. The zero-order valence-electron chi connectivity index (χ0n) is 11.0. The molecule has 1 aromatic carbocycles. The summed E-state index contributed by atoms with van der Waals surface area (Å²) in [5.41, 5.74) is 0.0617. The van der Waals surface area contributed by atoms with Gasteiger partial charge in [-0.15, -0.1) is 0 Å². The van der Waals surface area contributed by atoms with Gasteiger partial charge in [-0.05, 0) is 24.8 Å². The molecule has 1 aliphatic rings. The van der Waals surface area contributed by atoms with E-state index in [1.54, 1.807) is 18.3 Å². The van der Waals surface area contributed by atoms with Gasteiger partial charge >= 0.3 is 6.03 Å². The lowest BCUT2D eigenvalue weighted by molar-refractivity contribution is -0.383. The molecular weight excluding hydrogens is 258 g/mol. The van der Waals surface area contributed by atoms with E-state index in [4.69, 9.17) is 0 Å². The molecule has 0 saturated heterocycles. The van der Waals surface area contributed by atoms with Crippen LogP contribution in [0.5, 0.6) is 0 Å². The van der Waals surface area contributed by atoms with Crippen molar-refractivity contribution in [1.82, 2.24) is 5.32 Å². The third kappa shape index (κ3) is 3.81. The minimum atomic E-state index is -0.524. The highest BCUT2D eigenvalue weighted by molar-refractivity contribution is 5.92. The second-order valence-corrected chi connectivity index (χ2v) is 4.78. The highest BCUT2D eigenvalue weighted by Crippen LogP contribution is 2.25. The van der Waals surface area contributed by atoms with Crippen molar-refractivity contribution < 1.29 is 9.72 Å². The Labute approximate surface area is 117 Å². The first-order chi connectivity index (χ1) is 9.66. The number of urea groups is 1. The molecule has 0 aliphatic heterocycles. The summed E-state index contributed by atoms with van der Waals surface area (Å²) in [4.78, 5) is 22.0. The Morgan fingerprint density at radius 2 is 2.00 bits per heavy atom. The van der Waals surface area contributed by atoms with E-state index in [1.807, 2.05) is 6.08 Å². The number of anilines is 1. The van der Waals surface area contributed by atoms with Crippen LogP contribution in [0.15, 0.2) is 36.5 Å². The molecule has 1 saturated carbocycles. The minimum Gasteiger partial charge on any atom is -0.315 e. The van der Waals surface area contributed by atoms with Crippen molar-refractivity contribution in [1.29, 1.82) is 0 Å². The molecule has 0 spiro atoms. The van der Waals surface area contributed by atoms with Gasteiger partial charge < -0.3 is 10.6 Å². The molecule has 1 fully saturated rings. The summed E-state index contributed by atoms with van der Waals surface area (Å²) in [6.07, 6.45) is 8.37. The molecule has 0 heterocycles. The Kier molecular flexibility index (Phi) is 4.70. The van der Waals surface area contributed by atoms with E-state index in [0.29, 0.717) is 5.92 Å². The van der Waals surface area contributed by atoms with Crippen molar-refractivity contribution in [2.45, 2.75) is 25.7 Å². The fraction of sp³-hybridized carbons (Fsp3) is 0.357. The maximum absolute atomic E-state index is 11.7. The van der Waals surface area contributed by atoms with Gasteiger partial charge in [-0.25, -0.2) is 4.79 Å². The van der Waals surface area contributed by atoms with Gasteiger partial charge in [-0.3, -0.25) is 10.1 Å². The van der Waals surface area contributed by atoms with Crippen molar-refractivity contribution in [3.8, 4) is 0 Å². The van der Waals surface area contributed by atoms with Gasteiger partial charge in [0.05, 0.1) is 4.92 Å². The molecule has 0 bridgehead atoms. The Morgan fingerprint density at radius 3 is 2.70 bits per heavy atom. The Hall–Kier alpha value is -2.37. The molecule has 0 aromatic heterocycles. The number of nitrogens with zero attached hydrogens (tertiary/aromatic N) is 1. The molecular formula is C14H17N3O3. The summed E-state index contributed by atoms with van der Waals surface area (Å²) in [7, 11) is 0. The van der Waals surface area contributed by atoms with Crippen LogP contribution in [0, 0.1) is 16.0 Å². The van der Waals surface area contributed by atoms with Gasteiger partial charge in [-0.2, -0.15) is 0 Å². The third-order valence-corrected chi connectivity index (χ3v) is 3.33. The first-order valence-corrected chi connectivity index (χ1v) is 6.64. The molecule has 1 aromatic rings. The van der Waals surface area contributed by atoms with E-state index in [0.717, 1.165) is 12.8 Å². The summed E-state index contributed by atoms with van der Waals surface area (Å²) < 4.78 is 0. The van der Waals surface area contributed by atoms with Gasteiger partial charge in [-0.1, -0.05) is 31.1 Å². The predicted octanol–water partition coefficient (Wildman–Crippen LogP) is 3.42. The molecule has 6 nitrogen and oxygen atoms in total. The van der Waals surface area contributed by atoms with E-state index in [9.17, 15) is 14.9 Å². The molecule has 2 N–H and O–H groups in total. The van der Waals surface area contributed by atoms with E-state index in [2.05, 4.69) is 10.6 Å². The number of hydrogen-bond donors (Lipinski definition) is 2. The van der Waals surface area contributed by atoms with Crippen molar-refractivity contribution in [3.05, 3.63) is 46.7 Å². The maximum atomic E-state index is 11.7. The summed E-state index contributed by atoms with van der Waals surface area (Å²) in [6, 6.07) is 5.56. The SMILES string of the molecule is O=C(N/C=C/C1CCCC1)Nc1ccccc1[N+](=O)[O-]. The van der Waals surface area contributed by atoms with Crippen LogP contribution in [0.2, 0.25) is 0 Å². The number of amides is 2. The van der Waals surface area contributed by atoms with Crippen LogP contribution >= 0.6 is 0 Å². The van der Waals surface area contributed by atoms with E-state index >= 15 is 0 Å². The maximum Gasteiger partial charge on any atom is 0.323 e. The Morgan fingerprint density at radius 1 is 1.30 bits per heavy atom. The summed E-state index contributed by atoms with van der Waals surface area (Å²) in [5, 5.41) is 15.9. The molecule has 2 rings (SSSR count). The lowest BCUT2D eigenvalue weighted by Crippen LogP contribution is -2.24. The fourth-order valence-corrected chi connectivity index (χ4v) is 2.31. The molecule has 2 amide bonds. The minimum absolute atomic E-state index is 0.123. The normalized spacial score (nSPS) is 15.4. The number of nitro groups is 1. The topological polar surface area (TPSA) is 84.3 Å². The third-order valence-electron chi connectivity index (χ3n) is 3.33. The highest BCUT2D eigenvalue weighted by atomic mass is 16.6. The van der Waals surface area contributed by atoms with Gasteiger partial charge in [0, 0.05) is 12.3 Å². The average molecular weight is 275 g/mol. The molecule has 20 heavy (non-hydrogen) atoms. The first kappa shape index (κ1) is 14.0. The largest absolute Gasteiger partial charge is 0.323 e. The number of hydrogen-bond acceptors (Lipinski definition) is 3. The first-order valence-electron chi connectivity index (χ1n) is 6.64. The molecule has 1 aliphatic carbocycles. The number of nitrogens with one attached hydrogen (secondary N) is 2. The standard InChI is InChI=1S/C14H17N3O3/c18-14(15-10-9-11-5-1-2-6-11)16-12-7-3-4-8-13(12)17(19)20/h3-4,7-11H,1-2,5-6H2,(H2,15,16,18)/b10-9+. The highest BCUT2D eigenvalue weighted by Gasteiger charge is 2.14. The molecule has 106 valence electrons. The Balaban J connectivity index is 1.89. The predicted molar refractivity (Wildman–Crippen MR) is 76.3 cm³/mol. The molecule has 0 atom stereocenters. The number of allylic oxidation sites excluding steroid dienone is 1. The number of carbonyl (C=O) groups is 1. The van der Waals surface area contributed by atoms with E-state index < -0.39 is 11.0 Å². The van der Waals surface area contributed by atoms with Crippen molar-refractivity contribution in [2.75, 3.05) is 5.32 Å². The van der Waals surface area contributed by atoms with Crippen molar-refractivity contribution in [3.63, 3.8) is 0 Å². The molecule has 0 radical (unpaired) electrons. The number of nitro benzene ring substituents is 1. The van der Waals surface area contributed by atoms with Crippen molar-refractivity contribution in [2.24, 2.45) is 5.92 Å². The van der Waals surface area contributed by atoms with Gasteiger partial charge in [0.2, 0.25) is 0 Å². The van der Waals surface area contributed by atoms with E-state index in [1.165, 1.54) is 25.0 Å². The Bertz CT molecular complexity index is 522. The number of para-hydroxylation sites is 2. The quantitative estimate of drug-likeness (QED) is 0.652. The second-order valence-electron chi connectivity index (χ2n) is 4.78. The summed E-state index contributed by atoms with van der Waals surface area (Å²) in [6.45, 7) is 0. The zero-order valence-corrected chi connectivity index (χ0v) is 11.0. The zero-order chi connectivity index (χ0) is 14.4. The fourth-order valence-electron chi connectivity index (χ4n) is 2.31. The lowest BCUT2D eigenvalue weighted by Gasteiger charge is -2.05. The molecule has 6 heteroatoms. The monoisotopic (exact) mass is 275 g/mol. The van der Waals surface area contributed by atoms with Gasteiger partial charge in [0.25, 0.3) is 5.69 Å². The second kappa shape index (κ2) is 6.70. The summed E-state index contributed by atoms with van der Waals surface area (Å²) >= 11 is 0.